The molecule has 208 valence electrons. The summed E-state index contributed by atoms with van der Waals surface area (Å²) >= 11 is 0. The summed E-state index contributed by atoms with van der Waals surface area (Å²) in [7, 11) is 0. The molecule has 0 saturated heterocycles. The number of hydrogen-bond acceptors (Lipinski definition) is 6. The molecular formula is C28H24O12. The summed E-state index contributed by atoms with van der Waals surface area (Å²) in [5.74, 6) is -9.45. The minimum absolute atomic E-state index is 0.0282. The fourth-order valence-electron chi connectivity index (χ4n) is 8.06. The predicted molar refractivity (Wildman–Crippen MR) is 133 cm³/mol. The minimum Gasteiger partial charge on any atom is -0.478 e. The molecule has 0 aliphatic heterocycles. The van der Waals surface area contributed by atoms with Gasteiger partial charge in [0.1, 0.15) is 0 Å². The standard InChI is InChI=1S/C28H24O12/c29-21(30)13-2-15(23(33)34)19(25(37)38)17(4-13)27-6-11-1-12(7-27)9-28(8-11,10-27)18-5-14(22(31)32)3-16(24(35)36)20(18)26(39)40/h2-5,11-12H,1,6-10H2,(H,29,30)(H,31,32)(H,33,34)(H,35,36)(H,37,38)(H,39,40). The second-order valence-corrected chi connectivity index (χ2v) is 11.2. The number of carboxylic acid groups (broad SMARTS) is 6. The lowest BCUT2D eigenvalue weighted by atomic mass is 9.41. The Balaban J connectivity index is 1.81. The van der Waals surface area contributed by atoms with E-state index in [1.165, 1.54) is 12.1 Å². The van der Waals surface area contributed by atoms with Gasteiger partial charge in [0.15, 0.2) is 0 Å². The average molecular weight is 552 g/mol. The monoisotopic (exact) mass is 552 g/mol. The molecule has 4 bridgehead atoms. The van der Waals surface area contributed by atoms with Crippen LogP contribution >= 0.6 is 0 Å². The van der Waals surface area contributed by atoms with E-state index in [-0.39, 0.29) is 29.4 Å². The van der Waals surface area contributed by atoms with Crippen LogP contribution in [0.3, 0.4) is 0 Å². The summed E-state index contributed by atoms with van der Waals surface area (Å²) in [6, 6.07) is 3.94. The van der Waals surface area contributed by atoms with Crippen LogP contribution in [0.15, 0.2) is 24.3 Å². The zero-order valence-electron chi connectivity index (χ0n) is 20.8. The summed E-state index contributed by atoms with van der Waals surface area (Å²) < 4.78 is 0. The lowest BCUT2D eigenvalue weighted by Crippen LogP contribution is -2.56. The molecule has 0 aromatic heterocycles. The highest BCUT2D eigenvalue weighted by Gasteiger charge is 2.60. The van der Waals surface area contributed by atoms with Gasteiger partial charge < -0.3 is 30.6 Å². The van der Waals surface area contributed by atoms with Crippen molar-refractivity contribution in [3.05, 3.63) is 68.8 Å². The molecule has 2 aromatic carbocycles. The normalized spacial score (nSPS) is 26.3. The number of rotatable bonds is 8. The lowest BCUT2D eigenvalue weighted by Gasteiger charge is -2.63. The van der Waals surface area contributed by atoms with Crippen LogP contribution in [-0.2, 0) is 10.8 Å². The molecule has 0 heterocycles. The van der Waals surface area contributed by atoms with Gasteiger partial charge in [-0.25, -0.2) is 28.8 Å². The van der Waals surface area contributed by atoms with E-state index in [0.29, 0.717) is 32.1 Å². The highest BCUT2D eigenvalue weighted by atomic mass is 16.4. The highest BCUT2D eigenvalue weighted by Crippen LogP contribution is 2.67. The SMILES string of the molecule is O=C(O)c1cc(C(=O)O)c(C(=O)O)c(C23CC4CC(C2)CC(c2cc(C(=O)O)cc(C(=O)O)c2C(=O)O)(C4)C3)c1. The maximum atomic E-state index is 12.4. The summed E-state index contributed by atoms with van der Waals surface area (Å²) in [4.78, 5) is 72.8. The smallest absolute Gasteiger partial charge is 0.336 e. The van der Waals surface area contributed by atoms with Crippen molar-refractivity contribution in [2.24, 2.45) is 11.8 Å². The number of carboxylic acids is 6. The molecule has 0 atom stereocenters. The quantitative estimate of drug-likeness (QED) is 0.276. The molecule has 4 aliphatic rings. The second kappa shape index (κ2) is 8.90. The van der Waals surface area contributed by atoms with Gasteiger partial charge in [0.25, 0.3) is 0 Å². The van der Waals surface area contributed by atoms with Crippen LogP contribution < -0.4 is 0 Å². The summed E-state index contributed by atoms with van der Waals surface area (Å²) in [6.07, 6.45) is 2.34. The molecule has 12 heteroatoms. The molecule has 0 amide bonds. The van der Waals surface area contributed by atoms with Gasteiger partial charge in [-0.3, -0.25) is 0 Å². The van der Waals surface area contributed by atoms with E-state index in [9.17, 15) is 59.4 Å². The maximum Gasteiger partial charge on any atom is 0.336 e. The van der Waals surface area contributed by atoms with Gasteiger partial charge in [-0.05, 0) is 96.6 Å². The summed E-state index contributed by atoms with van der Waals surface area (Å²) in [5.41, 5.74) is -5.33. The zero-order chi connectivity index (χ0) is 29.3. The van der Waals surface area contributed by atoms with E-state index in [1.807, 2.05) is 0 Å². The van der Waals surface area contributed by atoms with Gasteiger partial charge in [0.05, 0.1) is 33.4 Å². The molecule has 0 spiro atoms. The zero-order valence-corrected chi connectivity index (χ0v) is 20.8. The van der Waals surface area contributed by atoms with Gasteiger partial charge in [-0.15, -0.1) is 0 Å². The molecule has 4 saturated carbocycles. The second-order valence-electron chi connectivity index (χ2n) is 11.2. The molecule has 12 nitrogen and oxygen atoms in total. The van der Waals surface area contributed by atoms with Gasteiger partial charge in [0.2, 0.25) is 0 Å². The van der Waals surface area contributed by atoms with Crippen LogP contribution in [-0.4, -0.2) is 66.5 Å². The van der Waals surface area contributed by atoms with E-state index >= 15 is 0 Å². The van der Waals surface area contributed by atoms with Crippen molar-refractivity contribution in [1.82, 2.24) is 0 Å². The minimum atomic E-state index is -1.62. The third kappa shape index (κ3) is 3.98. The van der Waals surface area contributed by atoms with E-state index in [0.717, 1.165) is 12.1 Å². The predicted octanol–water partition coefficient (Wildman–Crippen LogP) is 3.67. The number of hydrogen-bond donors (Lipinski definition) is 6. The van der Waals surface area contributed by atoms with E-state index < -0.39 is 80.0 Å². The molecule has 2 aromatic rings. The molecule has 6 rings (SSSR count). The van der Waals surface area contributed by atoms with Crippen LogP contribution in [0.5, 0.6) is 0 Å². The van der Waals surface area contributed by atoms with Crippen molar-refractivity contribution in [3.63, 3.8) is 0 Å². The number of aromatic carboxylic acids is 6. The van der Waals surface area contributed by atoms with Crippen molar-refractivity contribution in [2.45, 2.75) is 49.4 Å². The Morgan fingerprint density at radius 2 is 0.875 bits per heavy atom. The first-order chi connectivity index (χ1) is 18.7. The third-order valence-electron chi connectivity index (χ3n) is 8.86. The van der Waals surface area contributed by atoms with E-state index in [1.54, 1.807) is 0 Å². The van der Waals surface area contributed by atoms with Crippen molar-refractivity contribution in [1.29, 1.82) is 0 Å². The third-order valence-corrected chi connectivity index (χ3v) is 8.86. The van der Waals surface area contributed by atoms with E-state index in [4.69, 9.17) is 0 Å². The van der Waals surface area contributed by atoms with Crippen LogP contribution in [0.25, 0.3) is 0 Å². The van der Waals surface area contributed by atoms with Crippen molar-refractivity contribution in [3.8, 4) is 0 Å². The first kappa shape index (κ1) is 26.9. The average Bonchev–Trinajstić information content (AvgIpc) is 2.85. The molecule has 4 aliphatic carbocycles. The number of carbonyl (C=O) groups is 6. The first-order valence-electron chi connectivity index (χ1n) is 12.4. The van der Waals surface area contributed by atoms with Crippen molar-refractivity contribution < 1.29 is 59.4 Å². The Morgan fingerprint density at radius 3 is 1.15 bits per heavy atom. The Kier molecular flexibility index (Phi) is 5.97. The van der Waals surface area contributed by atoms with Gasteiger partial charge >= 0.3 is 35.8 Å². The highest BCUT2D eigenvalue weighted by molar-refractivity contribution is 6.06. The first-order valence-corrected chi connectivity index (χ1v) is 12.4. The molecule has 4 fully saturated rings. The van der Waals surface area contributed by atoms with Crippen LogP contribution in [0.1, 0.15) is 112 Å². The fourth-order valence-corrected chi connectivity index (χ4v) is 8.06. The largest absolute Gasteiger partial charge is 0.478 e. The topological polar surface area (TPSA) is 224 Å². The lowest BCUT2D eigenvalue weighted by molar-refractivity contribution is -0.0291. The van der Waals surface area contributed by atoms with Crippen LogP contribution in [0, 0.1) is 11.8 Å². The Labute approximate surface area is 225 Å². The van der Waals surface area contributed by atoms with Crippen molar-refractivity contribution in [2.75, 3.05) is 0 Å². The van der Waals surface area contributed by atoms with Gasteiger partial charge in [0, 0.05) is 0 Å². The molecular weight excluding hydrogens is 528 g/mol. The summed E-state index contributed by atoms with van der Waals surface area (Å²) in [6.45, 7) is 0. The Morgan fingerprint density at radius 1 is 0.525 bits per heavy atom. The van der Waals surface area contributed by atoms with Gasteiger partial charge in [-0.2, -0.15) is 0 Å². The molecule has 6 N–H and O–H groups in total. The molecule has 0 radical (unpaired) electrons. The maximum absolute atomic E-state index is 12.4. The summed E-state index contributed by atoms with van der Waals surface area (Å²) in [5, 5.41) is 59.2. The molecule has 40 heavy (non-hydrogen) atoms. The number of benzene rings is 2. The van der Waals surface area contributed by atoms with Crippen LogP contribution in [0.2, 0.25) is 0 Å². The Hall–Kier alpha value is -4.74. The fraction of sp³-hybridized carbons (Fsp3) is 0.357. The van der Waals surface area contributed by atoms with Gasteiger partial charge in [-0.1, -0.05) is 0 Å². The van der Waals surface area contributed by atoms with Crippen LogP contribution in [0.4, 0.5) is 0 Å². The Bertz CT molecular complexity index is 1430. The van der Waals surface area contributed by atoms with Crippen molar-refractivity contribution >= 4 is 35.8 Å². The molecule has 0 unspecified atom stereocenters. The van der Waals surface area contributed by atoms with E-state index in [2.05, 4.69) is 0 Å².